The zero-order valence-electron chi connectivity index (χ0n) is 14.3. The van der Waals surface area contributed by atoms with Crippen molar-refractivity contribution in [2.75, 3.05) is 10.1 Å². The molecular weight excluding hydrogens is 384 g/mol. The van der Waals surface area contributed by atoms with Crippen molar-refractivity contribution < 1.29 is 18.4 Å². The topological polar surface area (TPSA) is 90.4 Å². The lowest BCUT2D eigenvalue weighted by molar-refractivity contribution is -0.109. The maximum atomic E-state index is 12.1. The Balaban J connectivity index is 1.95. The highest BCUT2D eigenvalue weighted by molar-refractivity contribution is 8.14. The van der Waals surface area contributed by atoms with Crippen LogP contribution in [0.5, 0.6) is 0 Å². The Morgan fingerprint density at radius 3 is 2.48 bits per heavy atom. The first-order valence-corrected chi connectivity index (χ1v) is 9.99. The number of rotatable bonds is 6. The van der Waals surface area contributed by atoms with E-state index in [-0.39, 0.29) is 16.7 Å². The fourth-order valence-corrected chi connectivity index (χ4v) is 3.69. The van der Waals surface area contributed by atoms with Gasteiger partial charge in [0, 0.05) is 24.1 Å². The van der Waals surface area contributed by atoms with Gasteiger partial charge in [-0.3, -0.25) is 23.1 Å². The van der Waals surface area contributed by atoms with E-state index in [1.807, 2.05) is 12.1 Å². The van der Waals surface area contributed by atoms with Gasteiger partial charge in [-0.2, -0.15) is 0 Å². The van der Waals surface area contributed by atoms with Crippen LogP contribution in [0.25, 0.3) is 10.9 Å². The molecule has 0 aliphatic rings. The van der Waals surface area contributed by atoms with Crippen molar-refractivity contribution in [3.8, 4) is 0 Å². The second-order valence-electron chi connectivity index (χ2n) is 5.61. The number of para-hydroxylation sites is 1. The molecule has 1 aromatic heterocycles. The van der Waals surface area contributed by atoms with Gasteiger partial charge in [-0.15, -0.1) is 0 Å². The molecule has 0 aliphatic carbocycles. The lowest BCUT2D eigenvalue weighted by Gasteiger charge is -2.27. The Labute approximate surface area is 163 Å². The largest absolute Gasteiger partial charge is 0.755 e. The molecule has 1 atom stereocenters. The molecule has 1 heterocycles. The van der Waals surface area contributed by atoms with E-state index in [2.05, 4.69) is 4.98 Å². The molecule has 8 heteroatoms. The lowest BCUT2D eigenvalue weighted by atomic mass is 10.1. The third kappa shape index (κ3) is 4.41. The van der Waals surface area contributed by atoms with Gasteiger partial charge >= 0.3 is 0 Å². The fourth-order valence-electron chi connectivity index (χ4n) is 2.59. The minimum atomic E-state index is -2.58. The van der Waals surface area contributed by atoms with E-state index in [4.69, 9.17) is 0 Å². The van der Waals surface area contributed by atoms with Crippen LogP contribution in [0.15, 0.2) is 60.8 Å². The van der Waals surface area contributed by atoms with Crippen LogP contribution in [0.3, 0.4) is 0 Å². The molecule has 0 radical (unpaired) electrons. The number of nitrogens with zero attached hydrogens (tertiary/aromatic N) is 2. The minimum absolute atomic E-state index is 0.0547. The molecule has 3 rings (SSSR count). The Kier molecular flexibility index (Phi) is 6.00. The van der Waals surface area contributed by atoms with Gasteiger partial charge in [0.25, 0.3) is 0 Å². The molecule has 0 spiro atoms. The van der Waals surface area contributed by atoms with Crippen molar-refractivity contribution in [1.29, 1.82) is 0 Å². The summed E-state index contributed by atoms with van der Waals surface area (Å²) in [5.41, 5.74) is 1.78. The smallest absolute Gasteiger partial charge is 0.186 e. The number of hydrogen-bond acceptors (Lipinski definition) is 6. The Hall–Kier alpha value is -2.55. The first-order chi connectivity index (χ1) is 13.0. The third-order valence-electron chi connectivity index (χ3n) is 3.81. The number of benzene rings is 2. The van der Waals surface area contributed by atoms with Gasteiger partial charge in [-0.25, -0.2) is 0 Å². The molecule has 0 fully saturated rings. The van der Waals surface area contributed by atoms with Gasteiger partial charge in [0.15, 0.2) is 10.9 Å². The van der Waals surface area contributed by atoms with Crippen molar-refractivity contribution in [3.63, 3.8) is 0 Å². The summed E-state index contributed by atoms with van der Waals surface area (Å²) in [6, 6.07) is 15.1. The molecule has 138 valence electrons. The normalized spacial score (nSPS) is 11.9. The van der Waals surface area contributed by atoms with E-state index >= 15 is 0 Å². The van der Waals surface area contributed by atoms with Gasteiger partial charge in [0.05, 0.1) is 33.9 Å². The number of fused-ring (bicyclic) bond motifs is 1. The van der Waals surface area contributed by atoms with Gasteiger partial charge in [0.1, 0.15) is 0 Å². The van der Waals surface area contributed by atoms with Crippen LogP contribution in [0.1, 0.15) is 17.3 Å². The van der Waals surface area contributed by atoms with E-state index in [9.17, 15) is 18.4 Å². The second-order valence-corrected chi connectivity index (χ2v) is 7.57. The first kappa shape index (κ1) is 19.2. The Bertz CT molecular complexity index is 1020. The monoisotopic (exact) mass is 399 g/mol. The average molecular weight is 399 g/mol. The molecule has 0 saturated carbocycles. The second kappa shape index (κ2) is 8.43. The molecule has 0 N–H and O–H groups in total. The van der Waals surface area contributed by atoms with Crippen LogP contribution in [0.2, 0.25) is 0 Å². The maximum absolute atomic E-state index is 12.1. The molecule has 0 bridgehead atoms. The number of ketones is 1. The molecular formula is C19H15N2O4S2-. The van der Waals surface area contributed by atoms with Crippen molar-refractivity contribution in [1.82, 2.24) is 4.98 Å². The van der Waals surface area contributed by atoms with Crippen LogP contribution < -0.4 is 4.31 Å². The number of carbonyl (C=O) groups is 2. The van der Waals surface area contributed by atoms with Crippen LogP contribution in [0, 0.1) is 0 Å². The molecule has 27 heavy (non-hydrogen) atoms. The zero-order chi connectivity index (χ0) is 19.4. The fraction of sp³-hybridized carbons (Fsp3) is 0.105. The van der Waals surface area contributed by atoms with E-state index in [1.54, 1.807) is 48.7 Å². The van der Waals surface area contributed by atoms with Crippen LogP contribution in [-0.4, -0.2) is 30.4 Å². The van der Waals surface area contributed by atoms with Gasteiger partial charge in [-0.05, 0) is 36.4 Å². The number of pyridine rings is 1. The quantitative estimate of drug-likeness (QED) is 0.464. The standard InChI is InChI=1S/C19H16N2O4S2/c1-13(22)26-12-18(23)14-7-9-16(10-8-14)21(27(24)25)17-6-2-4-15-5-3-11-20-19(15)17/h2-11H,12H2,1H3,(H,24,25)/p-1. The van der Waals surface area contributed by atoms with Crippen LogP contribution in [-0.2, 0) is 16.1 Å². The number of anilines is 2. The molecule has 0 aliphatic heterocycles. The van der Waals surface area contributed by atoms with E-state index in [1.165, 1.54) is 6.92 Å². The lowest BCUT2D eigenvalue weighted by Crippen LogP contribution is -2.20. The van der Waals surface area contributed by atoms with Gasteiger partial charge in [0.2, 0.25) is 0 Å². The summed E-state index contributed by atoms with van der Waals surface area (Å²) in [5.74, 6) is -0.137. The highest BCUT2D eigenvalue weighted by Gasteiger charge is 2.15. The van der Waals surface area contributed by atoms with Crippen molar-refractivity contribution in [3.05, 3.63) is 66.4 Å². The zero-order valence-corrected chi connectivity index (χ0v) is 16.0. The molecule has 2 aromatic carbocycles. The number of Topliss-reactive ketones (excluding diaryl/α,β-unsaturated/α-hetero) is 1. The van der Waals surface area contributed by atoms with Gasteiger partial charge < -0.3 is 4.55 Å². The number of hydrogen-bond donors (Lipinski definition) is 0. The van der Waals surface area contributed by atoms with E-state index in [0.717, 1.165) is 21.5 Å². The Morgan fingerprint density at radius 1 is 1.11 bits per heavy atom. The predicted octanol–water partition coefficient (Wildman–Crippen LogP) is 3.63. The molecule has 6 nitrogen and oxygen atoms in total. The number of aromatic nitrogens is 1. The predicted molar refractivity (Wildman–Crippen MR) is 107 cm³/mol. The Morgan fingerprint density at radius 2 is 1.81 bits per heavy atom. The molecule has 0 amide bonds. The SMILES string of the molecule is CC(=O)SCC(=O)c1ccc(N(c2cccc3cccnc23)S(=O)[O-])cc1. The maximum Gasteiger partial charge on any atom is 0.186 e. The highest BCUT2D eigenvalue weighted by atomic mass is 32.2. The van der Waals surface area contributed by atoms with Crippen molar-refractivity contribution in [2.24, 2.45) is 0 Å². The molecule has 3 aromatic rings. The first-order valence-electron chi connectivity index (χ1n) is 7.97. The van der Waals surface area contributed by atoms with E-state index in [0.29, 0.717) is 22.5 Å². The highest BCUT2D eigenvalue weighted by Crippen LogP contribution is 2.32. The average Bonchev–Trinajstić information content (AvgIpc) is 2.67. The molecule has 1 unspecified atom stereocenters. The summed E-state index contributed by atoms with van der Waals surface area (Å²) >= 11 is -1.64. The summed E-state index contributed by atoms with van der Waals surface area (Å²) in [4.78, 5) is 27.4. The number of thioether (sulfide) groups is 1. The molecule has 0 saturated heterocycles. The third-order valence-corrected chi connectivity index (χ3v) is 5.33. The summed E-state index contributed by atoms with van der Waals surface area (Å²) in [6.07, 6.45) is 1.60. The van der Waals surface area contributed by atoms with E-state index < -0.39 is 11.3 Å². The summed E-state index contributed by atoms with van der Waals surface area (Å²) in [5, 5.41) is 0.690. The van der Waals surface area contributed by atoms with Crippen molar-refractivity contribution in [2.45, 2.75) is 6.92 Å². The number of carbonyl (C=O) groups excluding carboxylic acids is 2. The van der Waals surface area contributed by atoms with Crippen LogP contribution in [0.4, 0.5) is 11.4 Å². The van der Waals surface area contributed by atoms with Crippen molar-refractivity contribution >= 4 is 56.2 Å². The van der Waals surface area contributed by atoms with Crippen LogP contribution >= 0.6 is 11.8 Å². The summed E-state index contributed by atoms with van der Waals surface area (Å²) in [6.45, 7) is 1.40. The minimum Gasteiger partial charge on any atom is -0.755 e. The summed E-state index contributed by atoms with van der Waals surface area (Å²) in [7, 11) is 0. The summed E-state index contributed by atoms with van der Waals surface area (Å²) < 4.78 is 25.0. The van der Waals surface area contributed by atoms with Gasteiger partial charge in [-0.1, -0.05) is 30.0 Å².